The molecule has 8 atom stereocenters. The van der Waals surface area contributed by atoms with Crippen LogP contribution < -0.4 is 0 Å². The molecule has 1 aromatic rings. The van der Waals surface area contributed by atoms with E-state index >= 15 is 0 Å². The number of pyridine rings is 1. The molecule has 0 aromatic carbocycles. The summed E-state index contributed by atoms with van der Waals surface area (Å²) in [5.41, 5.74) is 1.52. The van der Waals surface area contributed by atoms with E-state index in [0.717, 1.165) is 54.5 Å². The predicted molar refractivity (Wildman–Crippen MR) is 129 cm³/mol. The lowest BCUT2D eigenvalue weighted by atomic mass is 9.49. The topological polar surface area (TPSA) is 66.1 Å². The van der Waals surface area contributed by atoms with Gasteiger partial charge >= 0.3 is 0 Å². The number of hydrogen-bond donors (Lipinski definition) is 1. The normalized spacial score (nSPS) is 42.1. The number of aryl methyl sites for hydroxylation is 1. The van der Waals surface area contributed by atoms with Crippen molar-refractivity contribution in [3.63, 3.8) is 0 Å². The fourth-order valence-corrected chi connectivity index (χ4v) is 8.97. The monoisotopic (exact) mass is 450 g/mol. The first-order valence-corrected chi connectivity index (χ1v) is 13.6. The van der Waals surface area contributed by atoms with Crippen LogP contribution in [0.15, 0.2) is 18.2 Å². The Bertz CT molecular complexity index is 881. The van der Waals surface area contributed by atoms with Crippen LogP contribution in [0.2, 0.25) is 0 Å². The van der Waals surface area contributed by atoms with Crippen LogP contribution in [0.3, 0.4) is 0 Å². The Morgan fingerprint density at radius 1 is 1.09 bits per heavy atom. The highest BCUT2D eigenvalue weighted by atomic mass is 16.5. The molecule has 33 heavy (non-hydrogen) atoms. The molecule has 0 radical (unpaired) electrons. The zero-order chi connectivity index (χ0) is 23.1. The highest BCUT2D eigenvalue weighted by Gasteiger charge is 2.57. The smallest absolute Gasteiger partial charge is 0.140 e. The quantitative estimate of drug-likeness (QED) is 0.584. The Hall–Kier alpha value is -1.44. The second-order valence-electron chi connectivity index (χ2n) is 12.0. The molecule has 0 amide bonds. The van der Waals surface area contributed by atoms with Crippen molar-refractivity contribution in [1.29, 1.82) is 5.26 Å². The molecule has 1 N–H and O–H groups in total. The molecule has 4 aliphatic carbocycles. The molecule has 180 valence electrons. The van der Waals surface area contributed by atoms with Gasteiger partial charge in [0.2, 0.25) is 0 Å². The predicted octanol–water partition coefficient (Wildman–Crippen LogP) is 5.92. The van der Waals surface area contributed by atoms with E-state index in [1.54, 1.807) is 6.07 Å². The van der Waals surface area contributed by atoms with Gasteiger partial charge in [0.25, 0.3) is 0 Å². The number of ether oxygens (including phenoxy) is 1. The van der Waals surface area contributed by atoms with Gasteiger partial charge in [-0.2, -0.15) is 5.26 Å². The van der Waals surface area contributed by atoms with Gasteiger partial charge < -0.3 is 9.84 Å². The molecular weight excluding hydrogens is 408 g/mol. The molecule has 0 bridgehead atoms. The third kappa shape index (κ3) is 4.37. The van der Waals surface area contributed by atoms with Crippen LogP contribution in [0.5, 0.6) is 0 Å². The number of nitriles is 1. The van der Waals surface area contributed by atoms with Crippen molar-refractivity contribution in [2.45, 2.75) is 90.1 Å². The van der Waals surface area contributed by atoms with Crippen LogP contribution in [0.4, 0.5) is 0 Å². The number of hydrogen-bond acceptors (Lipinski definition) is 4. The zero-order valence-electron chi connectivity index (χ0n) is 20.6. The summed E-state index contributed by atoms with van der Waals surface area (Å²) < 4.78 is 5.64. The van der Waals surface area contributed by atoms with Gasteiger partial charge in [-0.05, 0) is 131 Å². The van der Waals surface area contributed by atoms with Gasteiger partial charge in [0, 0.05) is 12.3 Å². The summed E-state index contributed by atoms with van der Waals surface area (Å²) in [5.74, 6) is 4.97. The van der Waals surface area contributed by atoms with E-state index in [1.165, 1.54) is 51.4 Å². The van der Waals surface area contributed by atoms with E-state index in [2.05, 4.69) is 24.0 Å². The second-order valence-corrected chi connectivity index (χ2v) is 12.0. The number of rotatable bonds is 6. The van der Waals surface area contributed by atoms with Crippen LogP contribution in [-0.2, 0) is 11.2 Å². The largest absolute Gasteiger partial charge is 0.387 e. The Kier molecular flexibility index (Phi) is 6.57. The summed E-state index contributed by atoms with van der Waals surface area (Å²) in [6.45, 7) is 5.85. The van der Waals surface area contributed by atoms with Crippen LogP contribution in [0.25, 0.3) is 0 Å². The van der Waals surface area contributed by atoms with Crippen molar-refractivity contribution in [2.75, 3.05) is 13.2 Å². The molecular formula is C29H42N2O2. The molecule has 5 rings (SSSR count). The Labute approximate surface area is 200 Å². The van der Waals surface area contributed by atoms with E-state index in [-0.39, 0.29) is 0 Å². The van der Waals surface area contributed by atoms with E-state index in [9.17, 15) is 5.11 Å². The molecule has 0 spiro atoms. The lowest BCUT2D eigenvalue weighted by molar-refractivity contribution is -0.128. The maximum Gasteiger partial charge on any atom is 0.140 e. The fraction of sp³-hybridized carbons (Fsp3) is 0.793. The molecule has 4 fully saturated rings. The minimum Gasteiger partial charge on any atom is -0.387 e. The number of aromatic nitrogens is 1. The Morgan fingerprint density at radius 3 is 2.76 bits per heavy atom. The van der Waals surface area contributed by atoms with Crippen molar-refractivity contribution >= 4 is 0 Å². The SMILES string of the molecule is CCOC[C@@]1(O)CC[C@H]2[C@H](CC[C@@H]3[C@@H]2CC[C@]2(C)[C@@H](CCc4cccc(C#N)n4)CC[C@@H]32)C1. The minimum absolute atomic E-state index is 0.477. The number of aliphatic hydroxyl groups is 1. The average molecular weight is 451 g/mol. The van der Waals surface area contributed by atoms with E-state index < -0.39 is 5.60 Å². The molecule has 1 aromatic heterocycles. The molecule has 4 saturated carbocycles. The first-order valence-electron chi connectivity index (χ1n) is 13.6. The standard InChI is InChI=1S/C29H42N2O2/c1-3-33-19-29(32)16-14-24-20(17-29)7-11-26-25(24)13-15-28(2)21(9-12-27(26)28)8-10-22-5-4-6-23(18-30)31-22/h4-6,20-21,24-27,32H,3,7-17,19H2,1-2H3/t20-,21+,24+,25-,26-,27+,28-,29-/m1/s1. The molecule has 0 aliphatic heterocycles. The lowest BCUT2D eigenvalue weighted by Crippen LogP contribution is -2.52. The molecule has 0 unspecified atom stereocenters. The van der Waals surface area contributed by atoms with Crippen molar-refractivity contribution < 1.29 is 9.84 Å². The van der Waals surface area contributed by atoms with Gasteiger partial charge in [-0.3, -0.25) is 0 Å². The summed E-state index contributed by atoms with van der Waals surface area (Å²) in [6, 6.07) is 8.05. The fourth-order valence-electron chi connectivity index (χ4n) is 8.97. The van der Waals surface area contributed by atoms with Crippen LogP contribution in [-0.4, -0.2) is 28.9 Å². The third-order valence-corrected chi connectivity index (χ3v) is 10.5. The molecule has 0 saturated heterocycles. The summed E-state index contributed by atoms with van der Waals surface area (Å²) in [4.78, 5) is 4.53. The molecule has 4 aliphatic rings. The summed E-state index contributed by atoms with van der Waals surface area (Å²) in [7, 11) is 0. The Morgan fingerprint density at radius 2 is 1.94 bits per heavy atom. The highest BCUT2D eigenvalue weighted by Crippen LogP contribution is 2.65. The highest BCUT2D eigenvalue weighted by molar-refractivity contribution is 5.22. The summed E-state index contributed by atoms with van der Waals surface area (Å²) >= 11 is 0. The minimum atomic E-state index is -0.581. The van der Waals surface area contributed by atoms with Crippen LogP contribution >= 0.6 is 0 Å². The molecule has 1 heterocycles. The van der Waals surface area contributed by atoms with Gasteiger partial charge in [-0.25, -0.2) is 4.98 Å². The van der Waals surface area contributed by atoms with Gasteiger partial charge in [0.05, 0.1) is 12.2 Å². The number of nitrogens with zero attached hydrogens (tertiary/aromatic N) is 2. The Balaban J connectivity index is 1.23. The van der Waals surface area contributed by atoms with Gasteiger partial charge in [0.15, 0.2) is 0 Å². The molecule has 4 nitrogen and oxygen atoms in total. The van der Waals surface area contributed by atoms with Crippen molar-refractivity contribution in [2.24, 2.45) is 40.9 Å². The van der Waals surface area contributed by atoms with Crippen molar-refractivity contribution in [3.05, 3.63) is 29.6 Å². The maximum atomic E-state index is 11.1. The van der Waals surface area contributed by atoms with Gasteiger partial charge in [-0.1, -0.05) is 13.0 Å². The van der Waals surface area contributed by atoms with Crippen molar-refractivity contribution in [1.82, 2.24) is 4.98 Å². The zero-order valence-corrected chi connectivity index (χ0v) is 20.6. The van der Waals surface area contributed by atoms with Gasteiger partial charge in [0.1, 0.15) is 11.8 Å². The molecule has 4 heteroatoms. The second kappa shape index (κ2) is 9.31. The van der Waals surface area contributed by atoms with E-state index in [0.29, 0.717) is 30.2 Å². The first kappa shape index (κ1) is 23.3. The average Bonchev–Trinajstić information content (AvgIpc) is 3.17. The first-order chi connectivity index (χ1) is 16.0. The van der Waals surface area contributed by atoms with Crippen LogP contribution in [0, 0.1) is 52.3 Å². The number of fused-ring (bicyclic) bond motifs is 5. The van der Waals surface area contributed by atoms with Crippen molar-refractivity contribution in [3.8, 4) is 6.07 Å². The summed E-state index contributed by atoms with van der Waals surface area (Å²) in [6.07, 6.45) is 13.5. The van der Waals surface area contributed by atoms with Crippen LogP contribution in [0.1, 0.15) is 89.4 Å². The lowest BCUT2D eigenvalue weighted by Gasteiger charge is -2.57. The summed E-state index contributed by atoms with van der Waals surface area (Å²) in [5, 5.41) is 20.3. The van der Waals surface area contributed by atoms with Gasteiger partial charge in [-0.15, -0.1) is 0 Å². The van der Waals surface area contributed by atoms with E-state index in [1.807, 2.05) is 13.0 Å². The maximum absolute atomic E-state index is 11.1. The third-order valence-electron chi connectivity index (χ3n) is 10.5. The van der Waals surface area contributed by atoms with E-state index in [4.69, 9.17) is 10.00 Å².